The van der Waals surface area contributed by atoms with Gasteiger partial charge >= 0.3 is 0 Å². The fourth-order valence-electron chi connectivity index (χ4n) is 2.33. The molecule has 0 aliphatic rings. The quantitative estimate of drug-likeness (QED) is 0.875. The number of hydrogen-bond acceptors (Lipinski definition) is 2. The Morgan fingerprint density at radius 2 is 1.85 bits per heavy atom. The van der Waals surface area contributed by atoms with Crippen LogP contribution in [-0.2, 0) is 6.54 Å². The van der Waals surface area contributed by atoms with E-state index in [0.717, 1.165) is 18.7 Å². The van der Waals surface area contributed by atoms with Crippen molar-refractivity contribution < 1.29 is 0 Å². The molecule has 1 aromatic carbocycles. The Labute approximate surface area is 120 Å². The summed E-state index contributed by atoms with van der Waals surface area (Å²) in [6, 6.07) is 15.9. The highest BCUT2D eigenvalue weighted by Gasteiger charge is 2.12. The first-order valence-corrected chi connectivity index (χ1v) is 7.17. The Morgan fingerprint density at radius 1 is 1.10 bits per heavy atom. The molecule has 1 atom stereocenters. The summed E-state index contributed by atoms with van der Waals surface area (Å²) >= 11 is 0. The first-order valence-electron chi connectivity index (χ1n) is 7.17. The predicted octanol–water partition coefficient (Wildman–Crippen LogP) is 2.90. The molecule has 0 aliphatic carbocycles. The highest BCUT2D eigenvalue weighted by atomic mass is 16.1. The van der Waals surface area contributed by atoms with Gasteiger partial charge in [-0.05, 0) is 31.5 Å². The van der Waals surface area contributed by atoms with Gasteiger partial charge in [0.05, 0.1) is 6.04 Å². The summed E-state index contributed by atoms with van der Waals surface area (Å²) in [4.78, 5) is 12.0. The number of aromatic nitrogens is 1. The minimum absolute atomic E-state index is 0.0595. The van der Waals surface area contributed by atoms with Gasteiger partial charge in [0.1, 0.15) is 0 Å². The molecule has 1 aromatic heterocycles. The van der Waals surface area contributed by atoms with Crippen LogP contribution in [0.2, 0.25) is 0 Å². The van der Waals surface area contributed by atoms with Crippen LogP contribution in [0.25, 0.3) is 0 Å². The zero-order valence-corrected chi connectivity index (χ0v) is 12.2. The third-order valence-corrected chi connectivity index (χ3v) is 3.48. The van der Waals surface area contributed by atoms with Crippen LogP contribution < -0.4 is 10.9 Å². The maximum absolute atomic E-state index is 12.0. The lowest BCUT2D eigenvalue weighted by Crippen LogP contribution is -2.31. The van der Waals surface area contributed by atoms with Gasteiger partial charge in [-0.3, -0.25) is 4.79 Å². The van der Waals surface area contributed by atoms with Crippen molar-refractivity contribution >= 4 is 0 Å². The zero-order valence-electron chi connectivity index (χ0n) is 12.2. The molecule has 0 saturated heterocycles. The van der Waals surface area contributed by atoms with Gasteiger partial charge in [0.25, 0.3) is 5.56 Å². The molecule has 0 bridgehead atoms. The largest absolute Gasteiger partial charge is 0.311 e. The molecule has 1 unspecified atom stereocenters. The molecule has 3 heteroatoms. The van der Waals surface area contributed by atoms with E-state index in [-0.39, 0.29) is 11.6 Å². The Kier molecular flexibility index (Phi) is 5.13. The average Bonchev–Trinajstić information content (AvgIpc) is 2.47. The molecule has 0 radical (unpaired) electrons. The average molecular weight is 270 g/mol. The van der Waals surface area contributed by atoms with Crippen molar-refractivity contribution in [2.75, 3.05) is 6.54 Å². The lowest BCUT2D eigenvalue weighted by atomic mass is 10.1. The van der Waals surface area contributed by atoms with Gasteiger partial charge in [-0.1, -0.05) is 43.3 Å². The highest BCUT2D eigenvalue weighted by Crippen LogP contribution is 2.15. The SMILES string of the molecule is CCCNC(Cn1c(C)cccc1=O)c1ccccc1. The van der Waals surface area contributed by atoms with Crippen molar-refractivity contribution in [3.63, 3.8) is 0 Å². The zero-order chi connectivity index (χ0) is 14.4. The van der Waals surface area contributed by atoms with Gasteiger partial charge in [0, 0.05) is 18.3 Å². The Morgan fingerprint density at radius 3 is 2.50 bits per heavy atom. The molecule has 1 N–H and O–H groups in total. The van der Waals surface area contributed by atoms with E-state index in [1.807, 2.05) is 41.8 Å². The van der Waals surface area contributed by atoms with Gasteiger partial charge in [-0.2, -0.15) is 0 Å². The predicted molar refractivity (Wildman–Crippen MR) is 82.9 cm³/mol. The first kappa shape index (κ1) is 14.5. The van der Waals surface area contributed by atoms with Gasteiger partial charge < -0.3 is 9.88 Å². The van der Waals surface area contributed by atoms with Crippen molar-refractivity contribution in [3.05, 3.63) is 70.1 Å². The minimum Gasteiger partial charge on any atom is -0.311 e. The van der Waals surface area contributed by atoms with E-state index in [9.17, 15) is 4.79 Å². The van der Waals surface area contributed by atoms with Gasteiger partial charge in [0.2, 0.25) is 0 Å². The second-order valence-corrected chi connectivity index (χ2v) is 5.03. The molecule has 2 rings (SSSR count). The monoisotopic (exact) mass is 270 g/mol. The fourth-order valence-corrected chi connectivity index (χ4v) is 2.33. The molecule has 0 spiro atoms. The van der Waals surface area contributed by atoms with Crippen LogP contribution in [0, 0.1) is 6.92 Å². The second kappa shape index (κ2) is 7.06. The molecule has 106 valence electrons. The first-order chi connectivity index (χ1) is 9.72. The topological polar surface area (TPSA) is 34.0 Å². The Hall–Kier alpha value is -1.87. The smallest absolute Gasteiger partial charge is 0.250 e. The molecular formula is C17H22N2O. The summed E-state index contributed by atoms with van der Waals surface area (Å²) in [7, 11) is 0. The molecule has 0 saturated carbocycles. The minimum atomic E-state index is 0.0595. The molecule has 0 aliphatic heterocycles. The van der Waals surface area contributed by atoms with E-state index in [2.05, 4.69) is 24.4 Å². The maximum Gasteiger partial charge on any atom is 0.250 e. The van der Waals surface area contributed by atoms with E-state index < -0.39 is 0 Å². The van der Waals surface area contributed by atoms with Crippen LogP contribution in [0.4, 0.5) is 0 Å². The van der Waals surface area contributed by atoms with Gasteiger partial charge in [-0.15, -0.1) is 0 Å². The van der Waals surface area contributed by atoms with Crippen molar-refractivity contribution in [2.45, 2.75) is 32.9 Å². The van der Waals surface area contributed by atoms with E-state index >= 15 is 0 Å². The Bertz CT molecular complexity index is 589. The van der Waals surface area contributed by atoms with Crippen molar-refractivity contribution in [3.8, 4) is 0 Å². The molecule has 0 fully saturated rings. The molecule has 2 aromatic rings. The molecule has 1 heterocycles. The number of rotatable bonds is 6. The fraction of sp³-hybridized carbons (Fsp3) is 0.353. The van der Waals surface area contributed by atoms with Crippen LogP contribution in [0.5, 0.6) is 0 Å². The van der Waals surface area contributed by atoms with Crippen molar-refractivity contribution in [2.24, 2.45) is 0 Å². The molecular weight excluding hydrogens is 248 g/mol. The second-order valence-electron chi connectivity index (χ2n) is 5.03. The van der Waals surface area contributed by atoms with E-state index in [0.29, 0.717) is 6.54 Å². The van der Waals surface area contributed by atoms with Gasteiger partial charge in [0.15, 0.2) is 0 Å². The lowest BCUT2D eigenvalue weighted by molar-refractivity contribution is 0.451. The van der Waals surface area contributed by atoms with E-state index in [1.165, 1.54) is 5.56 Å². The standard InChI is InChI=1S/C17H22N2O/c1-3-12-18-16(15-9-5-4-6-10-15)13-19-14(2)8-7-11-17(19)20/h4-11,16,18H,3,12-13H2,1-2H3. The van der Waals surface area contributed by atoms with E-state index in [1.54, 1.807) is 6.07 Å². The van der Waals surface area contributed by atoms with E-state index in [4.69, 9.17) is 0 Å². The summed E-state index contributed by atoms with van der Waals surface area (Å²) in [5.74, 6) is 0. The maximum atomic E-state index is 12.0. The number of nitrogens with one attached hydrogen (secondary N) is 1. The molecule has 3 nitrogen and oxygen atoms in total. The van der Waals surface area contributed by atoms with Crippen molar-refractivity contribution in [1.82, 2.24) is 9.88 Å². The third kappa shape index (κ3) is 3.58. The summed E-state index contributed by atoms with van der Waals surface area (Å²) < 4.78 is 1.83. The van der Waals surface area contributed by atoms with Crippen LogP contribution in [0.3, 0.4) is 0 Å². The third-order valence-electron chi connectivity index (χ3n) is 3.48. The number of benzene rings is 1. The molecule has 0 amide bonds. The van der Waals surface area contributed by atoms with Crippen LogP contribution in [-0.4, -0.2) is 11.1 Å². The summed E-state index contributed by atoms with van der Waals surface area (Å²) in [6.07, 6.45) is 1.08. The number of aryl methyl sites for hydroxylation is 1. The number of hydrogen-bond donors (Lipinski definition) is 1. The summed E-state index contributed by atoms with van der Waals surface area (Å²) in [5.41, 5.74) is 2.28. The van der Waals surface area contributed by atoms with Crippen LogP contribution in [0.15, 0.2) is 53.3 Å². The number of pyridine rings is 1. The molecule has 20 heavy (non-hydrogen) atoms. The van der Waals surface area contributed by atoms with Crippen molar-refractivity contribution in [1.29, 1.82) is 0 Å². The Balaban J connectivity index is 2.26. The van der Waals surface area contributed by atoms with Crippen LogP contribution in [0.1, 0.15) is 30.6 Å². The lowest BCUT2D eigenvalue weighted by Gasteiger charge is -2.21. The number of nitrogens with zero attached hydrogens (tertiary/aromatic N) is 1. The summed E-state index contributed by atoms with van der Waals surface area (Å²) in [6.45, 7) is 5.73. The normalized spacial score (nSPS) is 12.3. The van der Waals surface area contributed by atoms with Crippen LogP contribution >= 0.6 is 0 Å². The highest BCUT2D eigenvalue weighted by molar-refractivity contribution is 5.19. The van der Waals surface area contributed by atoms with Gasteiger partial charge in [-0.25, -0.2) is 0 Å². The summed E-state index contributed by atoms with van der Waals surface area (Å²) in [5, 5.41) is 3.53.